The highest BCUT2D eigenvalue weighted by atomic mass is 16.1. The maximum Gasteiger partial charge on any atom is 0.179 e. The average Bonchev–Trinajstić information content (AvgIpc) is 2.61. The molecule has 0 spiro atoms. The highest BCUT2D eigenvalue weighted by Gasteiger charge is 2.13. The van der Waals surface area contributed by atoms with Gasteiger partial charge in [-0.25, -0.2) is 4.98 Å². The number of rotatable bonds is 3. The van der Waals surface area contributed by atoms with Crippen molar-refractivity contribution in [2.45, 2.75) is 33.4 Å². The Labute approximate surface area is 100 Å². The molecule has 0 saturated carbocycles. The highest BCUT2D eigenvalue weighted by Crippen LogP contribution is 2.18. The van der Waals surface area contributed by atoms with Crippen molar-refractivity contribution in [3.63, 3.8) is 0 Å². The molecule has 1 aromatic heterocycles. The average molecular weight is 231 g/mol. The van der Waals surface area contributed by atoms with Gasteiger partial charge >= 0.3 is 0 Å². The van der Waals surface area contributed by atoms with Crippen LogP contribution in [0.25, 0.3) is 11.0 Å². The van der Waals surface area contributed by atoms with E-state index in [2.05, 4.69) is 16.5 Å². The van der Waals surface area contributed by atoms with Crippen LogP contribution in [0, 0.1) is 6.92 Å². The van der Waals surface area contributed by atoms with Crippen LogP contribution in [0.2, 0.25) is 0 Å². The fourth-order valence-electron chi connectivity index (χ4n) is 2.07. The zero-order chi connectivity index (χ0) is 12.6. The van der Waals surface area contributed by atoms with Gasteiger partial charge in [-0.15, -0.1) is 0 Å². The summed E-state index contributed by atoms with van der Waals surface area (Å²) in [5.74, 6) is 0.920. The molecule has 2 N–H and O–H groups in total. The maximum absolute atomic E-state index is 11.8. The summed E-state index contributed by atoms with van der Waals surface area (Å²) < 4.78 is 2.12. The van der Waals surface area contributed by atoms with E-state index >= 15 is 0 Å². The van der Waals surface area contributed by atoms with Crippen molar-refractivity contribution in [2.75, 3.05) is 0 Å². The number of benzene rings is 1. The first-order valence-electron chi connectivity index (χ1n) is 5.81. The normalized spacial score (nSPS) is 12.9. The zero-order valence-electron chi connectivity index (χ0n) is 10.4. The first kappa shape index (κ1) is 11.8. The molecule has 0 radical (unpaired) electrons. The smallest absolute Gasteiger partial charge is 0.179 e. The molecule has 0 amide bonds. The van der Waals surface area contributed by atoms with Crippen LogP contribution < -0.4 is 5.73 Å². The minimum absolute atomic E-state index is 0.0457. The molecule has 1 atom stereocenters. The Morgan fingerprint density at radius 3 is 2.82 bits per heavy atom. The summed E-state index contributed by atoms with van der Waals surface area (Å²) >= 11 is 0. The van der Waals surface area contributed by atoms with Crippen molar-refractivity contribution >= 4 is 16.8 Å². The lowest BCUT2D eigenvalue weighted by Gasteiger charge is -2.05. The summed E-state index contributed by atoms with van der Waals surface area (Å²) in [7, 11) is 0. The third kappa shape index (κ3) is 1.96. The molecular weight excluding hydrogens is 214 g/mol. The lowest BCUT2D eigenvalue weighted by Crippen LogP contribution is -2.26. The molecule has 0 aliphatic carbocycles. The number of Topliss-reactive ketones (excluding diaryl/α,β-unsaturated/α-hetero) is 1. The van der Waals surface area contributed by atoms with Crippen LogP contribution in [0.1, 0.15) is 30.0 Å². The Morgan fingerprint density at radius 2 is 2.24 bits per heavy atom. The van der Waals surface area contributed by atoms with Gasteiger partial charge in [-0.2, -0.15) is 0 Å². The number of fused-ring (bicyclic) bond motifs is 1. The molecule has 4 heteroatoms. The van der Waals surface area contributed by atoms with E-state index in [4.69, 9.17) is 5.73 Å². The second-order valence-electron chi connectivity index (χ2n) is 4.26. The number of hydrogen-bond acceptors (Lipinski definition) is 3. The number of nitrogens with zero attached hydrogens (tertiary/aromatic N) is 2. The van der Waals surface area contributed by atoms with Gasteiger partial charge in [-0.1, -0.05) is 0 Å². The quantitative estimate of drug-likeness (QED) is 0.821. The number of imidazole rings is 1. The molecule has 0 bridgehead atoms. The van der Waals surface area contributed by atoms with Gasteiger partial charge in [-0.3, -0.25) is 4.79 Å². The van der Waals surface area contributed by atoms with Crippen molar-refractivity contribution in [1.82, 2.24) is 9.55 Å². The van der Waals surface area contributed by atoms with Crippen molar-refractivity contribution < 1.29 is 4.79 Å². The van der Waals surface area contributed by atoms with E-state index in [-0.39, 0.29) is 5.78 Å². The summed E-state index contributed by atoms with van der Waals surface area (Å²) in [5.41, 5.74) is 8.15. The Bertz CT molecular complexity index is 569. The molecule has 2 aromatic rings. The minimum atomic E-state index is -0.471. The SMILES string of the molecule is CCn1c(C)nc2cc(C(=O)C(C)N)ccc21. The van der Waals surface area contributed by atoms with E-state index in [0.717, 1.165) is 23.4 Å². The van der Waals surface area contributed by atoms with Gasteiger partial charge in [0.15, 0.2) is 5.78 Å². The van der Waals surface area contributed by atoms with Gasteiger partial charge in [0.25, 0.3) is 0 Å². The minimum Gasteiger partial charge on any atom is -0.329 e. The van der Waals surface area contributed by atoms with Gasteiger partial charge in [0, 0.05) is 12.1 Å². The fraction of sp³-hybridized carbons (Fsp3) is 0.385. The first-order valence-corrected chi connectivity index (χ1v) is 5.81. The maximum atomic E-state index is 11.8. The topological polar surface area (TPSA) is 60.9 Å². The van der Waals surface area contributed by atoms with Crippen LogP contribution in [0.4, 0.5) is 0 Å². The summed E-state index contributed by atoms with van der Waals surface area (Å²) in [6, 6.07) is 5.11. The zero-order valence-corrected chi connectivity index (χ0v) is 10.4. The number of ketones is 1. The summed E-state index contributed by atoms with van der Waals surface area (Å²) in [6.07, 6.45) is 0. The van der Waals surface area contributed by atoms with E-state index in [1.807, 2.05) is 25.1 Å². The molecule has 1 aromatic carbocycles. The number of nitrogens with two attached hydrogens (primary N) is 1. The van der Waals surface area contributed by atoms with Crippen molar-refractivity contribution in [1.29, 1.82) is 0 Å². The third-order valence-electron chi connectivity index (χ3n) is 2.95. The van der Waals surface area contributed by atoms with E-state index in [1.54, 1.807) is 6.92 Å². The molecule has 17 heavy (non-hydrogen) atoms. The Hall–Kier alpha value is -1.68. The molecule has 0 aliphatic rings. The number of hydrogen-bond donors (Lipinski definition) is 1. The number of carbonyl (C=O) groups excluding carboxylic acids is 1. The second-order valence-corrected chi connectivity index (χ2v) is 4.26. The molecule has 2 rings (SSSR count). The predicted molar refractivity (Wildman–Crippen MR) is 68.1 cm³/mol. The first-order chi connectivity index (χ1) is 8.04. The van der Waals surface area contributed by atoms with Crippen molar-refractivity contribution in [2.24, 2.45) is 5.73 Å². The monoisotopic (exact) mass is 231 g/mol. The summed E-state index contributed by atoms with van der Waals surface area (Å²) in [5, 5.41) is 0. The molecule has 1 heterocycles. The van der Waals surface area contributed by atoms with Crippen LogP contribution in [0.3, 0.4) is 0 Å². The van der Waals surface area contributed by atoms with Gasteiger partial charge in [0.05, 0.1) is 17.1 Å². The largest absolute Gasteiger partial charge is 0.329 e. The molecule has 0 aliphatic heterocycles. The molecule has 0 fully saturated rings. The van der Waals surface area contributed by atoms with Crippen LogP contribution in [-0.2, 0) is 6.54 Å². The van der Waals surface area contributed by atoms with E-state index in [1.165, 1.54) is 0 Å². The third-order valence-corrected chi connectivity index (χ3v) is 2.95. The summed E-state index contributed by atoms with van der Waals surface area (Å²) in [4.78, 5) is 16.2. The lowest BCUT2D eigenvalue weighted by atomic mass is 10.1. The molecule has 0 saturated heterocycles. The number of aromatic nitrogens is 2. The van der Waals surface area contributed by atoms with Crippen LogP contribution in [-0.4, -0.2) is 21.4 Å². The Kier molecular flexibility index (Phi) is 2.98. The highest BCUT2D eigenvalue weighted by molar-refractivity contribution is 6.02. The van der Waals surface area contributed by atoms with Gasteiger partial charge in [0.1, 0.15) is 5.82 Å². The lowest BCUT2D eigenvalue weighted by molar-refractivity contribution is 0.0968. The molecule has 90 valence electrons. The molecule has 1 unspecified atom stereocenters. The van der Waals surface area contributed by atoms with Gasteiger partial charge in [0.2, 0.25) is 0 Å². The molecule has 4 nitrogen and oxygen atoms in total. The van der Waals surface area contributed by atoms with E-state index in [0.29, 0.717) is 5.56 Å². The van der Waals surface area contributed by atoms with Gasteiger partial charge in [-0.05, 0) is 39.0 Å². The van der Waals surface area contributed by atoms with Crippen molar-refractivity contribution in [3.05, 3.63) is 29.6 Å². The predicted octanol–water partition coefficient (Wildman–Crippen LogP) is 1.89. The van der Waals surface area contributed by atoms with Crippen LogP contribution in [0.5, 0.6) is 0 Å². The van der Waals surface area contributed by atoms with E-state index in [9.17, 15) is 4.79 Å². The molecular formula is C13H17N3O. The second kappa shape index (κ2) is 4.30. The Morgan fingerprint density at radius 1 is 1.53 bits per heavy atom. The summed E-state index contributed by atoms with van der Waals surface area (Å²) in [6.45, 7) is 6.62. The Balaban J connectivity index is 2.56. The number of carbonyl (C=O) groups is 1. The standard InChI is InChI=1S/C13H17N3O/c1-4-16-9(3)15-11-7-10(5-6-12(11)16)13(17)8(2)14/h5-8H,4,14H2,1-3H3. The number of aryl methyl sites for hydroxylation is 2. The van der Waals surface area contributed by atoms with Crippen LogP contribution in [0.15, 0.2) is 18.2 Å². The van der Waals surface area contributed by atoms with Crippen LogP contribution >= 0.6 is 0 Å². The fourth-order valence-corrected chi connectivity index (χ4v) is 2.07. The van der Waals surface area contributed by atoms with Crippen molar-refractivity contribution in [3.8, 4) is 0 Å². The van der Waals surface area contributed by atoms with E-state index < -0.39 is 6.04 Å². The van der Waals surface area contributed by atoms with Gasteiger partial charge < -0.3 is 10.3 Å².